The van der Waals surface area contributed by atoms with Crippen molar-refractivity contribution in [2.24, 2.45) is 0 Å². The number of hydrogen-bond acceptors (Lipinski definition) is 4. The van der Waals surface area contributed by atoms with Gasteiger partial charge in [0, 0.05) is 11.4 Å². The van der Waals surface area contributed by atoms with Gasteiger partial charge in [0.15, 0.2) is 6.10 Å². The van der Waals surface area contributed by atoms with Gasteiger partial charge in [-0.15, -0.1) is 0 Å². The maximum absolute atomic E-state index is 12.8. The Morgan fingerprint density at radius 2 is 1.51 bits per heavy atom. The lowest BCUT2D eigenvalue weighted by Crippen LogP contribution is -2.32. The van der Waals surface area contributed by atoms with Crippen LogP contribution in [0.5, 0.6) is 5.75 Å². The lowest BCUT2D eigenvalue weighted by atomic mass is 10.1. The molecule has 0 saturated heterocycles. The van der Waals surface area contributed by atoms with Crippen LogP contribution in [-0.2, 0) is 14.8 Å². The fourth-order valence-corrected chi connectivity index (χ4v) is 4.74. The average molecular weight is 489 g/mol. The molecule has 0 aliphatic heterocycles. The summed E-state index contributed by atoms with van der Waals surface area (Å²) < 4.78 is 34.1. The minimum atomic E-state index is -3.76. The molecule has 6 nitrogen and oxygen atoms in total. The zero-order valence-corrected chi connectivity index (χ0v) is 20.7. The normalized spacial score (nSPS) is 12.2. The maximum atomic E-state index is 12.8. The van der Waals surface area contributed by atoms with E-state index in [0.717, 1.165) is 21.9 Å². The quantitative estimate of drug-likeness (QED) is 0.316. The van der Waals surface area contributed by atoms with E-state index in [4.69, 9.17) is 4.74 Å². The van der Waals surface area contributed by atoms with Crippen molar-refractivity contribution in [3.05, 3.63) is 96.1 Å². The molecule has 4 rings (SSSR count). The Morgan fingerprint density at radius 3 is 2.20 bits per heavy atom. The highest BCUT2D eigenvalue weighted by atomic mass is 32.2. The number of hydrogen-bond donors (Lipinski definition) is 2. The number of carbonyl (C=O) groups excluding carboxylic acids is 1. The van der Waals surface area contributed by atoms with Crippen LogP contribution in [0.15, 0.2) is 89.8 Å². The minimum Gasteiger partial charge on any atom is -0.481 e. The van der Waals surface area contributed by atoms with Crippen LogP contribution in [0.4, 0.5) is 11.4 Å². The molecule has 0 heterocycles. The Morgan fingerprint density at radius 1 is 0.829 bits per heavy atom. The summed E-state index contributed by atoms with van der Waals surface area (Å²) in [6.45, 7) is 5.77. The molecule has 0 radical (unpaired) electrons. The van der Waals surface area contributed by atoms with Gasteiger partial charge in [0.2, 0.25) is 0 Å². The monoisotopic (exact) mass is 488 g/mol. The van der Waals surface area contributed by atoms with Crippen LogP contribution in [-0.4, -0.2) is 20.4 Å². The summed E-state index contributed by atoms with van der Waals surface area (Å²) in [5.41, 5.74) is 3.07. The molecule has 4 aromatic rings. The summed E-state index contributed by atoms with van der Waals surface area (Å²) in [4.78, 5) is 12.9. The van der Waals surface area contributed by atoms with Gasteiger partial charge in [-0.25, -0.2) is 8.42 Å². The van der Waals surface area contributed by atoms with Gasteiger partial charge < -0.3 is 10.1 Å². The fraction of sp³-hybridized carbons (Fsp3) is 0.179. The van der Waals surface area contributed by atoms with E-state index in [1.54, 1.807) is 24.3 Å². The highest BCUT2D eigenvalue weighted by molar-refractivity contribution is 7.92. The molecule has 35 heavy (non-hydrogen) atoms. The van der Waals surface area contributed by atoms with Gasteiger partial charge in [-0.2, -0.15) is 0 Å². The maximum Gasteiger partial charge on any atom is 0.265 e. The Balaban J connectivity index is 1.42. The third kappa shape index (κ3) is 5.81. The summed E-state index contributed by atoms with van der Waals surface area (Å²) in [6.07, 6.45) is -0.212. The number of amides is 1. The first-order chi connectivity index (χ1) is 16.7. The van der Waals surface area contributed by atoms with Crippen LogP contribution >= 0.6 is 0 Å². The largest absolute Gasteiger partial charge is 0.481 e. The first-order valence-corrected chi connectivity index (χ1v) is 12.9. The summed E-state index contributed by atoms with van der Waals surface area (Å²) in [7, 11) is -3.76. The Bertz CT molecular complexity index is 1460. The molecule has 0 fully saturated rings. The van der Waals surface area contributed by atoms with E-state index in [9.17, 15) is 13.2 Å². The van der Waals surface area contributed by atoms with E-state index in [2.05, 4.69) is 10.0 Å². The van der Waals surface area contributed by atoms with E-state index >= 15 is 0 Å². The number of fused-ring (bicyclic) bond motifs is 1. The van der Waals surface area contributed by atoms with Crippen molar-refractivity contribution >= 4 is 38.1 Å². The molecule has 1 amide bonds. The second-order valence-electron chi connectivity index (χ2n) is 8.44. The van der Waals surface area contributed by atoms with Gasteiger partial charge in [-0.3, -0.25) is 9.52 Å². The number of aryl methyl sites for hydroxylation is 2. The standard InChI is InChI=1S/C28H28N2O4S/c1-4-27(34-25-14-10-21-7-5-6-8-22(21)18-25)28(31)29-23-12-15-26(16-13-23)35(32,33)30-24-11-9-19(2)20(3)17-24/h5-18,27,30H,4H2,1-3H3,(H,29,31)/t27-/m0/s1. The molecule has 0 spiro atoms. The number of carbonyl (C=O) groups is 1. The number of anilines is 2. The fourth-order valence-electron chi connectivity index (χ4n) is 3.69. The zero-order chi connectivity index (χ0) is 25.0. The number of benzene rings is 4. The van der Waals surface area contributed by atoms with Crippen molar-refractivity contribution in [3.8, 4) is 5.75 Å². The van der Waals surface area contributed by atoms with Crippen LogP contribution < -0.4 is 14.8 Å². The Labute approximate surface area is 206 Å². The summed E-state index contributed by atoms with van der Waals surface area (Å²) >= 11 is 0. The van der Waals surface area contributed by atoms with E-state index in [1.807, 2.05) is 69.3 Å². The third-order valence-electron chi connectivity index (χ3n) is 5.85. The van der Waals surface area contributed by atoms with E-state index in [-0.39, 0.29) is 10.8 Å². The van der Waals surface area contributed by atoms with Crippen molar-refractivity contribution < 1.29 is 17.9 Å². The first-order valence-electron chi connectivity index (χ1n) is 11.4. The number of ether oxygens (including phenoxy) is 1. The smallest absolute Gasteiger partial charge is 0.265 e. The van der Waals surface area contributed by atoms with E-state index < -0.39 is 16.1 Å². The summed E-state index contributed by atoms with van der Waals surface area (Å²) in [6, 6.07) is 25.1. The summed E-state index contributed by atoms with van der Waals surface area (Å²) in [5.74, 6) is 0.314. The van der Waals surface area contributed by atoms with Crippen LogP contribution in [0, 0.1) is 13.8 Å². The predicted molar refractivity (Wildman–Crippen MR) is 140 cm³/mol. The predicted octanol–water partition coefficient (Wildman–Crippen LogP) is 6.05. The second kappa shape index (κ2) is 10.2. The van der Waals surface area contributed by atoms with Gasteiger partial charge in [0.25, 0.3) is 15.9 Å². The molecular formula is C28H28N2O4S. The third-order valence-corrected chi connectivity index (χ3v) is 7.25. The van der Waals surface area contributed by atoms with Crippen molar-refractivity contribution in [2.45, 2.75) is 38.2 Å². The Hall–Kier alpha value is -3.84. The number of sulfonamides is 1. The van der Waals surface area contributed by atoms with Crippen molar-refractivity contribution in [2.75, 3.05) is 10.0 Å². The van der Waals surface area contributed by atoms with Crippen molar-refractivity contribution in [1.82, 2.24) is 0 Å². The SMILES string of the molecule is CC[C@H](Oc1ccc2ccccc2c1)C(=O)Nc1ccc(S(=O)(=O)Nc2ccc(C)c(C)c2)cc1. The topological polar surface area (TPSA) is 84.5 Å². The molecule has 0 bridgehead atoms. The molecule has 7 heteroatoms. The molecular weight excluding hydrogens is 460 g/mol. The van der Waals surface area contributed by atoms with Crippen LogP contribution in [0.3, 0.4) is 0 Å². The summed E-state index contributed by atoms with van der Waals surface area (Å²) in [5, 5.41) is 4.94. The van der Waals surface area contributed by atoms with Crippen LogP contribution in [0.1, 0.15) is 24.5 Å². The molecule has 1 atom stereocenters. The van der Waals surface area contributed by atoms with E-state index in [1.165, 1.54) is 12.1 Å². The second-order valence-corrected chi connectivity index (χ2v) is 10.1. The van der Waals surface area contributed by atoms with Crippen LogP contribution in [0.25, 0.3) is 10.8 Å². The molecule has 0 saturated carbocycles. The number of nitrogens with one attached hydrogen (secondary N) is 2. The van der Waals surface area contributed by atoms with Gasteiger partial charge in [-0.05, 0) is 90.7 Å². The van der Waals surface area contributed by atoms with Crippen molar-refractivity contribution in [3.63, 3.8) is 0 Å². The van der Waals surface area contributed by atoms with Gasteiger partial charge in [0.1, 0.15) is 5.75 Å². The lowest BCUT2D eigenvalue weighted by Gasteiger charge is -2.18. The van der Waals surface area contributed by atoms with Crippen molar-refractivity contribution in [1.29, 1.82) is 0 Å². The van der Waals surface area contributed by atoms with Gasteiger partial charge in [0.05, 0.1) is 4.90 Å². The van der Waals surface area contributed by atoms with Crippen LogP contribution in [0.2, 0.25) is 0 Å². The van der Waals surface area contributed by atoms with Gasteiger partial charge >= 0.3 is 0 Å². The first kappa shape index (κ1) is 24.3. The van der Waals surface area contributed by atoms with Gasteiger partial charge in [-0.1, -0.05) is 43.3 Å². The molecule has 0 unspecified atom stereocenters. The lowest BCUT2D eigenvalue weighted by molar-refractivity contribution is -0.122. The molecule has 0 aromatic heterocycles. The number of rotatable bonds is 8. The molecule has 180 valence electrons. The minimum absolute atomic E-state index is 0.105. The molecule has 0 aliphatic rings. The zero-order valence-electron chi connectivity index (χ0n) is 19.9. The van der Waals surface area contributed by atoms with E-state index in [0.29, 0.717) is 23.5 Å². The Kier molecular flexibility index (Phi) is 7.07. The molecule has 4 aromatic carbocycles. The average Bonchev–Trinajstić information content (AvgIpc) is 2.85. The highest BCUT2D eigenvalue weighted by Gasteiger charge is 2.20. The molecule has 0 aliphatic carbocycles. The molecule has 2 N–H and O–H groups in total. The highest BCUT2D eigenvalue weighted by Crippen LogP contribution is 2.23.